The van der Waals surface area contributed by atoms with Crippen molar-refractivity contribution >= 4 is 5.91 Å². The molecule has 1 aliphatic heterocycles. The second kappa shape index (κ2) is 6.97. The predicted octanol–water partition coefficient (Wildman–Crippen LogP) is 1.94. The summed E-state index contributed by atoms with van der Waals surface area (Å²) in [6.45, 7) is 8.42. The van der Waals surface area contributed by atoms with Gasteiger partial charge in [-0.1, -0.05) is 13.8 Å². The molecule has 0 aliphatic carbocycles. The molecule has 22 heavy (non-hydrogen) atoms. The summed E-state index contributed by atoms with van der Waals surface area (Å²) in [6, 6.07) is 4.62. The maximum atomic E-state index is 12.0. The summed E-state index contributed by atoms with van der Waals surface area (Å²) in [4.78, 5) is 14.0. The molecule has 1 aromatic heterocycles. The second-order valence-electron chi connectivity index (χ2n) is 6.45. The molecule has 0 saturated carbocycles. The lowest BCUT2D eigenvalue weighted by molar-refractivity contribution is -0.135. The van der Waals surface area contributed by atoms with Crippen molar-refractivity contribution in [2.75, 3.05) is 13.1 Å². The summed E-state index contributed by atoms with van der Waals surface area (Å²) in [5.41, 5.74) is 3.02. The molecular weight excluding hydrogens is 276 g/mol. The standard InChI is InChI=1S/C17H26N4O/c1-12(2)17(22)21-7-5-15(6-8-21)19-11-14-9-16(10-18)20(4)13(14)3/h9,12,15,19H,5-8,11H2,1-4H3. The predicted molar refractivity (Wildman–Crippen MR) is 86.1 cm³/mol. The van der Waals surface area contributed by atoms with Crippen molar-refractivity contribution < 1.29 is 4.79 Å². The first-order chi connectivity index (χ1) is 10.4. The molecule has 0 aromatic carbocycles. The largest absolute Gasteiger partial charge is 0.342 e. The van der Waals surface area contributed by atoms with Gasteiger partial charge in [0.15, 0.2) is 0 Å². The van der Waals surface area contributed by atoms with Gasteiger partial charge in [0.1, 0.15) is 11.8 Å². The van der Waals surface area contributed by atoms with Crippen LogP contribution in [0.3, 0.4) is 0 Å². The zero-order chi connectivity index (χ0) is 16.3. The lowest BCUT2D eigenvalue weighted by atomic mass is 10.0. The number of likely N-dealkylation sites (tertiary alicyclic amines) is 1. The molecule has 1 amide bonds. The van der Waals surface area contributed by atoms with E-state index in [1.54, 1.807) is 0 Å². The molecule has 2 heterocycles. The van der Waals surface area contributed by atoms with Crippen molar-refractivity contribution in [2.45, 2.75) is 46.2 Å². The Morgan fingerprint density at radius 3 is 2.59 bits per heavy atom. The second-order valence-corrected chi connectivity index (χ2v) is 6.45. The third kappa shape index (κ3) is 3.50. The number of aromatic nitrogens is 1. The molecule has 0 atom stereocenters. The van der Waals surface area contributed by atoms with Gasteiger partial charge in [0, 0.05) is 44.3 Å². The van der Waals surface area contributed by atoms with Crippen LogP contribution in [0, 0.1) is 24.2 Å². The van der Waals surface area contributed by atoms with Gasteiger partial charge in [-0.3, -0.25) is 4.79 Å². The van der Waals surface area contributed by atoms with Crippen molar-refractivity contribution in [3.63, 3.8) is 0 Å². The molecule has 0 bridgehead atoms. The normalized spacial score (nSPS) is 16.1. The number of nitriles is 1. The van der Waals surface area contributed by atoms with Gasteiger partial charge in [0.05, 0.1) is 0 Å². The maximum absolute atomic E-state index is 12.0. The number of hydrogen-bond acceptors (Lipinski definition) is 3. The van der Waals surface area contributed by atoms with Crippen molar-refractivity contribution in [1.82, 2.24) is 14.8 Å². The third-order valence-electron chi connectivity index (χ3n) is 4.64. The average molecular weight is 302 g/mol. The minimum absolute atomic E-state index is 0.0841. The molecule has 120 valence electrons. The van der Waals surface area contributed by atoms with Gasteiger partial charge in [0.2, 0.25) is 5.91 Å². The van der Waals surface area contributed by atoms with E-state index in [2.05, 4.69) is 11.4 Å². The Hall–Kier alpha value is -1.80. The zero-order valence-corrected chi connectivity index (χ0v) is 14.0. The Morgan fingerprint density at radius 1 is 1.45 bits per heavy atom. The highest BCUT2D eigenvalue weighted by molar-refractivity contribution is 5.78. The van der Waals surface area contributed by atoms with E-state index in [-0.39, 0.29) is 11.8 Å². The van der Waals surface area contributed by atoms with E-state index >= 15 is 0 Å². The van der Waals surface area contributed by atoms with Crippen LogP contribution >= 0.6 is 0 Å². The fourth-order valence-electron chi connectivity index (χ4n) is 2.97. The fraction of sp³-hybridized carbons (Fsp3) is 0.647. The molecule has 1 fully saturated rings. The first-order valence-electron chi connectivity index (χ1n) is 8.01. The summed E-state index contributed by atoms with van der Waals surface area (Å²) < 4.78 is 1.93. The summed E-state index contributed by atoms with van der Waals surface area (Å²) in [5.74, 6) is 0.344. The third-order valence-corrected chi connectivity index (χ3v) is 4.64. The molecule has 0 spiro atoms. The van der Waals surface area contributed by atoms with Gasteiger partial charge < -0.3 is 14.8 Å². The highest BCUT2D eigenvalue weighted by atomic mass is 16.2. The van der Waals surface area contributed by atoms with Crippen molar-refractivity contribution in [1.29, 1.82) is 5.26 Å². The molecular formula is C17H26N4O. The Kier molecular flexibility index (Phi) is 5.25. The number of amides is 1. The van der Waals surface area contributed by atoms with Crippen LogP contribution in [-0.4, -0.2) is 34.5 Å². The van der Waals surface area contributed by atoms with E-state index in [1.807, 2.05) is 43.4 Å². The Morgan fingerprint density at radius 2 is 2.09 bits per heavy atom. The highest BCUT2D eigenvalue weighted by Gasteiger charge is 2.24. The number of nitrogens with zero attached hydrogens (tertiary/aromatic N) is 3. The van der Waals surface area contributed by atoms with Gasteiger partial charge >= 0.3 is 0 Å². The summed E-state index contributed by atoms with van der Waals surface area (Å²) in [5, 5.41) is 12.6. The number of hydrogen-bond donors (Lipinski definition) is 1. The molecule has 1 N–H and O–H groups in total. The van der Waals surface area contributed by atoms with Crippen LogP contribution in [0.5, 0.6) is 0 Å². The summed E-state index contributed by atoms with van der Waals surface area (Å²) in [6.07, 6.45) is 1.99. The monoisotopic (exact) mass is 302 g/mol. The van der Waals surface area contributed by atoms with Crippen molar-refractivity contribution in [2.24, 2.45) is 13.0 Å². The Balaban J connectivity index is 1.85. The van der Waals surface area contributed by atoms with Gasteiger partial charge in [-0.15, -0.1) is 0 Å². The minimum Gasteiger partial charge on any atom is -0.342 e. The molecule has 5 heteroatoms. The first kappa shape index (κ1) is 16.6. The van der Waals surface area contributed by atoms with E-state index < -0.39 is 0 Å². The number of carbonyl (C=O) groups is 1. The molecule has 0 radical (unpaired) electrons. The van der Waals surface area contributed by atoms with E-state index in [4.69, 9.17) is 5.26 Å². The summed E-state index contributed by atoms with van der Waals surface area (Å²) >= 11 is 0. The Bertz CT molecular complexity index is 574. The lowest BCUT2D eigenvalue weighted by Crippen LogP contribution is -2.46. The number of piperidine rings is 1. The Labute approximate surface area is 132 Å². The van der Waals surface area contributed by atoms with E-state index in [9.17, 15) is 4.79 Å². The molecule has 2 rings (SSSR count). The lowest BCUT2D eigenvalue weighted by Gasteiger charge is -2.33. The molecule has 0 unspecified atom stereocenters. The topological polar surface area (TPSA) is 61.1 Å². The van der Waals surface area contributed by atoms with Gasteiger partial charge in [-0.2, -0.15) is 5.26 Å². The molecule has 5 nitrogen and oxygen atoms in total. The van der Waals surface area contributed by atoms with Gasteiger partial charge in [-0.05, 0) is 31.4 Å². The van der Waals surface area contributed by atoms with Crippen LogP contribution in [0.4, 0.5) is 0 Å². The molecule has 1 aliphatic rings. The van der Waals surface area contributed by atoms with Crippen LogP contribution < -0.4 is 5.32 Å². The van der Waals surface area contributed by atoms with Crippen LogP contribution in [0.2, 0.25) is 0 Å². The first-order valence-corrected chi connectivity index (χ1v) is 8.01. The number of nitrogens with one attached hydrogen (secondary N) is 1. The van der Waals surface area contributed by atoms with Crippen molar-refractivity contribution in [3.05, 3.63) is 23.0 Å². The molecule has 1 saturated heterocycles. The van der Waals surface area contributed by atoms with Crippen LogP contribution in [0.25, 0.3) is 0 Å². The van der Waals surface area contributed by atoms with Crippen LogP contribution in [-0.2, 0) is 18.4 Å². The van der Waals surface area contributed by atoms with E-state index in [0.29, 0.717) is 11.7 Å². The molecule has 1 aromatic rings. The average Bonchev–Trinajstić information content (AvgIpc) is 2.80. The minimum atomic E-state index is 0.0841. The van der Waals surface area contributed by atoms with Gasteiger partial charge in [0.25, 0.3) is 0 Å². The maximum Gasteiger partial charge on any atom is 0.225 e. The van der Waals surface area contributed by atoms with E-state index in [0.717, 1.165) is 38.2 Å². The number of rotatable bonds is 4. The quantitative estimate of drug-likeness (QED) is 0.924. The van der Waals surface area contributed by atoms with Gasteiger partial charge in [-0.25, -0.2) is 0 Å². The highest BCUT2D eigenvalue weighted by Crippen LogP contribution is 2.16. The number of carbonyl (C=O) groups excluding carboxylic acids is 1. The fourth-order valence-corrected chi connectivity index (χ4v) is 2.97. The smallest absolute Gasteiger partial charge is 0.225 e. The summed E-state index contributed by atoms with van der Waals surface area (Å²) in [7, 11) is 1.92. The van der Waals surface area contributed by atoms with Crippen molar-refractivity contribution in [3.8, 4) is 6.07 Å². The van der Waals surface area contributed by atoms with E-state index in [1.165, 1.54) is 5.56 Å². The SMILES string of the molecule is Cc1c(CNC2CCN(C(=O)C(C)C)CC2)cc(C#N)n1C. The van der Waals surface area contributed by atoms with Crippen LogP contribution in [0.1, 0.15) is 43.6 Å². The van der Waals surface area contributed by atoms with Crippen LogP contribution in [0.15, 0.2) is 6.07 Å². The zero-order valence-electron chi connectivity index (χ0n) is 14.0.